The SMILES string of the molecule is Cc1ccc(-c2nc3ccccc3n2CCc2ccccc2)cc1N. The van der Waals surface area contributed by atoms with E-state index in [0.29, 0.717) is 0 Å². The van der Waals surface area contributed by atoms with Crippen molar-refractivity contribution in [2.75, 3.05) is 5.73 Å². The van der Waals surface area contributed by atoms with Crippen LogP contribution < -0.4 is 5.73 Å². The van der Waals surface area contributed by atoms with Crippen molar-refractivity contribution in [2.45, 2.75) is 19.9 Å². The van der Waals surface area contributed by atoms with E-state index in [9.17, 15) is 0 Å². The molecule has 0 spiro atoms. The fourth-order valence-electron chi connectivity index (χ4n) is 3.19. The molecule has 0 saturated carbocycles. The van der Waals surface area contributed by atoms with Gasteiger partial charge >= 0.3 is 0 Å². The highest BCUT2D eigenvalue weighted by molar-refractivity contribution is 5.81. The summed E-state index contributed by atoms with van der Waals surface area (Å²) in [7, 11) is 0. The lowest BCUT2D eigenvalue weighted by atomic mass is 10.1. The van der Waals surface area contributed by atoms with Gasteiger partial charge in [-0.25, -0.2) is 4.98 Å². The van der Waals surface area contributed by atoms with Crippen LogP contribution in [-0.2, 0) is 13.0 Å². The van der Waals surface area contributed by atoms with Crippen LogP contribution in [0.15, 0.2) is 72.8 Å². The first-order valence-electron chi connectivity index (χ1n) is 8.58. The monoisotopic (exact) mass is 327 g/mol. The number of imidazole rings is 1. The second-order valence-electron chi connectivity index (χ2n) is 6.38. The van der Waals surface area contributed by atoms with Gasteiger partial charge in [0.2, 0.25) is 0 Å². The topological polar surface area (TPSA) is 43.8 Å². The third-order valence-corrected chi connectivity index (χ3v) is 4.66. The van der Waals surface area contributed by atoms with Crippen LogP contribution in [0.1, 0.15) is 11.1 Å². The summed E-state index contributed by atoms with van der Waals surface area (Å²) in [5.41, 5.74) is 12.6. The largest absolute Gasteiger partial charge is 0.398 e. The molecule has 1 aromatic heterocycles. The number of hydrogen-bond acceptors (Lipinski definition) is 2. The molecular formula is C22H21N3. The Morgan fingerprint density at radius 1 is 0.920 bits per heavy atom. The molecule has 4 aromatic rings. The van der Waals surface area contributed by atoms with E-state index in [1.807, 2.05) is 19.1 Å². The van der Waals surface area contributed by atoms with Crippen LogP contribution in [0.3, 0.4) is 0 Å². The van der Waals surface area contributed by atoms with Crippen LogP contribution >= 0.6 is 0 Å². The predicted molar refractivity (Wildman–Crippen MR) is 104 cm³/mol. The minimum Gasteiger partial charge on any atom is -0.398 e. The second kappa shape index (κ2) is 6.44. The van der Waals surface area contributed by atoms with E-state index < -0.39 is 0 Å². The van der Waals surface area contributed by atoms with E-state index >= 15 is 0 Å². The molecular weight excluding hydrogens is 306 g/mol. The standard InChI is InChI=1S/C22H21N3/c1-16-11-12-18(15-19(16)23)22-24-20-9-5-6-10-21(20)25(22)14-13-17-7-3-2-4-8-17/h2-12,15H,13-14,23H2,1H3. The first kappa shape index (κ1) is 15.5. The average molecular weight is 327 g/mol. The summed E-state index contributed by atoms with van der Waals surface area (Å²) in [6, 6.07) is 25.0. The maximum absolute atomic E-state index is 6.13. The lowest BCUT2D eigenvalue weighted by Crippen LogP contribution is -2.04. The van der Waals surface area contributed by atoms with Crippen molar-refractivity contribution in [1.29, 1.82) is 0 Å². The summed E-state index contributed by atoms with van der Waals surface area (Å²) in [6.45, 7) is 2.91. The third kappa shape index (κ3) is 3.01. The fourth-order valence-corrected chi connectivity index (χ4v) is 3.19. The van der Waals surface area contributed by atoms with Crippen molar-refractivity contribution in [2.24, 2.45) is 0 Å². The fraction of sp³-hybridized carbons (Fsp3) is 0.136. The highest BCUT2D eigenvalue weighted by Gasteiger charge is 2.13. The number of aryl methyl sites for hydroxylation is 3. The Morgan fingerprint density at radius 3 is 2.48 bits per heavy atom. The number of anilines is 1. The molecule has 0 aliphatic carbocycles. The number of para-hydroxylation sites is 2. The first-order chi connectivity index (χ1) is 12.2. The highest BCUT2D eigenvalue weighted by atomic mass is 15.1. The molecule has 0 fully saturated rings. The van der Waals surface area contributed by atoms with Gasteiger partial charge in [0.15, 0.2) is 0 Å². The minimum atomic E-state index is 0.805. The molecule has 0 amide bonds. The minimum absolute atomic E-state index is 0.805. The van der Waals surface area contributed by atoms with E-state index in [4.69, 9.17) is 10.7 Å². The number of nitrogens with two attached hydrogens (primary N) is 1. The molecule has 3 aromatic carbocycles. The molecule has 0 atom stereocenters. The number of rotatable bonds is 4. The van der Waals surface area contributed by atoms with Crippen molar-refractivity contribution < 1.29 is 0 Å². The first-order valence-corrected chi connectivity index (χ1v) is 8.58. The van der Waals surface area contributed by atoms with Gasteiger partial charge < -0.3 is 10.3 Å². The molecule has 3 heteroatoms. The quantitative estimate of drug-likeness (QED) is 0.545. The molecule has 0 bridgehead atoms. The molecule has 2 N–H and O–H groups in total. The molecule has 0 aliphatic rings. The van der Waals surface area contributed by atoms with Crippen LogP contribution in [0.25, 0.3) is 22.4 Å². The van der Waals surface area contributed by atoms with E-state index in [1.165, 1.54) is 5.56 Å². The molecule has 0 radical (unpaired) electrons. The lowest BCUT2D eigenvalue weighted by Gasteiger charge is -2.11. The van der Waals surface area contributed by atoms with Crippen molar-refractivity contribution in [3.63, 3.8) is 0 Å². The molecule has 0 saturated heterocycles. The van der Waals surface area contributed by atoms with Crippen LogP contribution in [0.2, 0.25) is 0 Å². The summed E-state index contributed by atoms with van der Waals surface area (Å²) in [5, 5.41) is 0. The molecule has 1 heterocycles. The van der Waals surface area contributed by atoms with Crippen molar-refractivity contribution in [3.8, 4) is 11.4 Å². The predicted octanol–water partition coefficient (Wildman–Crippen LogP) is 4.84. The third-order valence-electron chi connectivity index (χ3n) is 4.66. The second-order valence-corrected chi connectivity index (χ2v) is 6.38. The lowest BCUT2D eigenvalue weighted by molar-refractivity contribution is 0.723. The van der Waals surface area contributed by atoms with Crippen LogP contribution in [0, 0.1) is 6.92 Å². The number of nitrogens with zero attached hydrogens (tertiary/aromatic N) is 2. The Bertz CT molecular complexity index is 1020. The average Bonchev–Trinajstić information content (AvgIpc) is 3.02. The number of fused-ring (bicyclic) bond motifs is 1. The van der Waals surface area contributed by atoms with E-state index in [0.717, 1.165) is 46.6 Å². The van der Waals surface area contributed by atoms with Crippen LogP contribution in [-0.4, -0.2) is 9.55 Å². The molecule has 0 aliphatic heterocycles. The summed E-state index contributed by atoms with van der Waals surface area (Å²) in [5.74, 6) is 0.976. The van der Waals surface area contributed by atoms with Crippen LogP contribution in [0.4, 0.5) is 5.69 Å². The Kier molecular flexibility index (Phi) is 3.98. The van der Waals surface area contributed by atoms with Crippen LogP contribution in [0.5, 0.6) is 0 Å². The smallest absolute Gasteiger partial charge is 0.141 e. The number of nitrogen functional groups attached to an aromatic ring is 1. The van der Waals surface area contributed by atoms with Gasteiger partial charge in [0.1, 0.15) is 5.82 Å². The summed E-state index contributed by atoms with van der Waals surface area (Å²) >= 11 is 0. The van der Waals surface area contributed by atoms with Gasteiger partial charge in [-0.1, -0.05) is 54.6 Å². The summed E-state index contributed by atoms with van der Waals surface area (Å²) in [4.78, 5) is 4.87. The molecule has 0 unspecified atom stereocenters. The van der Waals surface area contributed by atoms with Gasteiger partial charge in [-0.2, -0.15) is 0 Å². The molecule has 124 valence electrons. The van der Waals surface area contributed by atoms with E-state index in [-0.39, 0.29) is 0 Å². The molecule has 3 nitrogen and oxygen atoms in total. The van der Waals surface area contributed by atoms with Gasteiger partial charge in [-0.15, -0.1) is 0 Å². The van der Waals surface area contributed by atoms with Gasteiger partial charge in [0, 0.05) is 17.8 Å². The summed E-state index contributed by atoms with van der Waals surface area (Å²) < 4.78 is 2.30. The van der Waals surface area contributed by atoms with Gasteiger partial charge in [-0.3, -0.25) is 0 Å². The Morgan fingerprint density at radius 2 is 1.68 bits per heavy atom. The maximum Gasteiger partial charge on any atom is 0.141 e. The van der Waals surface area contributed by atoms with Gasteiger partial charge in [-0.05, 0) is 42.7 Å². The normalized spacial score (nSPS) is 11.1. The summed E-state index contributed by atoms with van der Waals surface area (Å²) in [6.07, 6.45) is 0.968. The Balaban J connectivity index is 1.79. The zero-order chi connectivity index (χ0) is 17.2. The molecule has 25 heavy (non-hydrogen) atoms. The van der Waals surface area contributed by atoms with E-state index in [1.54, 1.807) is 0 Å². The van der Waals surface area contributed by atoms with Crippen molar-refractivity contribution >= 4 is 16.7 Å². The van der Waals surface area contributed by atoms with Gasteiger partial charge in [0.25, 0.3) is 0 Å². The highest BCUT2D eigenvalue weighted by Crippen LogP contribution is 2.27. The Labute approximate surface area is 147 Å². The van der Waals surface area contributed by atoms with Crippen molar-refractivity contribution in [1.82, 2.24) is 9.55 Å². The number of aromatic nitrogens is 2. The molecule has 4 rings (SSSR count). The zero-order valence-electron chi connectivity index (χ0n) is 14.3. The Hall–Kier alpha value is -3.07. The maximum atomic E-state index is 6.13. The number of hydrogen-bond donors (Lipinski definition) is 1. The number of benzene rings is 3. The van der Waals surface area contributed by atoms with Gasteiger partial charge in [0.05, 0.1) is 11.0 Å². The van der Waals surface area contributed by atoms with Crippen molar-refractivity contribution in [3.05, 3.63) is 83.9 Å². The van der Waals surface area contributed by atoms with E-state index in [2.05, 4.69) is 65.2 Å². The zero-order valence-corrected chi connectivity index (χ0v) is 14.3.